The Morgan fingerprint density at radius 1 is 1.25 bits per heavy atom. The summed E-state index contributed by atoms with van der Waals surface area (Å²) in [6.07, 6.45) is 3.74. The molecule has 1 aromatic heterocycles. The van der Waals surface area contributed by atoms with E-state index in [-0.39, 0.29) is 4.21 Å². The predicted molar refractivity (Wildman–Crippen MR) is 88.5 cm³/mol. The number of aromatic nitrogens is 1. The largest absolute Gasteiger partial charge is 0.348 e. The van der Waals surface area contributed by atoms with E-state index in [9.17, 15) is 17.2 Å². The summed E-state index contributed by atoms with van der Waals surface area (Å²) in [5.41, 5.74) is 0.790. The number of benzene rings is 1. The van der Waals surface area contributed by atoms with Gasteiger partial charge in [-0.3, -0.25) is 0 Å². The number of sulfonamides is 1. The topological polar surface area (TPSA) is 76.3 Å². The molecule has 130 valence electrons. The third kappa shape index (κ3) is 3.90. The van der Waals surface area contributed by atoms with Crippen LogP contribution in [0.15, 0.2) is 28.6 Å². The van der Waals surface area contributed by atoms with Crippen LogP contribution < -0.4 is 10.0 Å². The first-order valence-corrected chi connectivity index (χ1v) is 9.87. The van der Waals surface area contributed by atoms with Crippen molar-refractivity contribution < 1.29 is 17.2 Å². The summed E-state index contributed by atoms with van der Waals surface area (Å²) in [6.45, 7) is 1.48. The van der Waals surface area contributed by atoms with Gasteiger partial charge in [0.2, 0.25) is 10.0 Å². The predicted octanol–water partition coefficient (Wildman–Crippen LogP) is 2.53. The van der Waals surface area contributed by atoms with E-state index in [1.54, 1.807) is 6.07 Å². The summed E-state index contributed by atoms with van der Waals surface area (Å²) < 4.78 is 48.9. The van der Waals surface area contributed by atoms with Crippen molar-refractivity contribution in [1.82, 2.24) is 4.98 Å². The lowest BCUT2D eigenvalue weighted by Crippen LogP contribution is -2.34. The van der Waals surface area contributed by atoms with Crippen molar-refractivity contribution in [3.8, 4) is 0 Å². The minimum absolute atomic E-state index is 0.0569. The van der Waals surface area contributed by atoms with Gasteiger partial charge in [-0.2, -0.15) is 0 Å². The number of rotatable bonds is 4. The van der Waals surface area contributed by atoms with Gasteiger partial charge in [0.1, 0.15) is 0 Å². The van der Waals surface area contributed by atoms with Gasteiger partial charge in [-0.1, -0.05) is 17.4 Å². The monoisotopic (exact) mass is 373 g/mol. The molecule has 1 fully saturated rings. The zero-order chi connectivity index (χ0) is 17.3. The van der Waals surface area contributed by atoms with Gasteiger partial charge < -0.3 is 4.90 Å². The van der Waals surface area contributed by atoms with Crippen LogP contribution in [-0.4, -0.2) is 26.5 Å². The number of anilines is 1. The van der Waals surface area contributed by atoms with Crippen LogP contribution in [0.5, 0.6) is 0 Å². The molecule has 0 amide bonds. The van der Waals surface area contributed by atoms with Crippen LogP contribution in [0.1, 0.15) is 18.4 Å². The number of nitrogens with zero attached hydrogens (tertiary/aromatic N) is 2. The van der Waals surface area contributed by atoms with Crippen molar-refractivity contribution in [2.45, 2.75) is 23.5 Å². The molecule has 2 N–H and O–H groups in total. The Labute approximate surface area is 143 Å². The van der Waals surface area contributed by atoms with Crippen LogP contribution in [0.4, 0.5) is 13.9 Å². The van der Waals surface area contributed by atoms with Crippen LogP contribution in [0.2, 0.25) is 0 Å². The average Bonchev–Trinajstić information content (AvgIpc) is 3.02. The number of primary sulfonamides is 1. The van der Waals surface area contributed by atoms with Crippen LogP contribution in [-0.2, 0) is 16.4 Å². The molecule has 0 bridgehead atoms. The van der Waals surface area contributed by atoms with Crippen molar-refractivity contribution in [3.05, 3.63) is 41.6 Å². The smallest absolute Gasteiger partial charge is 0.249 e. The Morgan fingerprint density at radius 3 is 2.54 bits per heavy atom. The molecule has 0 unspecified atom stereocenters. The van der Waals surface area contributed by atoms with Crippen LogP contribution in [0.25, 0.3) is 0 Å². The number of halogens is 2. The second-order valence-electron chi connectivity index (χ2n) is 5.89. The first-order chi connectivity index (χ1) is 11.3. The van der Waals surface area contributed by atoms with Gasteiger partial charge >= 0.3 is 0 Å². The zero-order valence-corrected chi connectivity index (χ0v) is 14.4. The second kappa shape index (κ2) is 6.73. The van der Waals surface area contributed by atoms with Crippen LogP contribution >= 0.6 is 11.3 Å². The average molecular weight is 373 g/mol. The van der Waals surface area contributed by atoms with Gasteiger partial charge in [0.15, 0.2) is 21.0 Å². The molecule has 0 saturated carbocycles. The second-order valence-corrected chi connectivity index (χ2v) is 8.69. The van der Waals surface area contributed by atoms with Gasteiger partial charge in [0, 0.05) is 13.1 Å². The van der Waals surface area contributed by atoms with Gasteiger partial charge in [0.05, 0.1) is 6.20 Å². The Hall–Kier alpha value is -1.58. The van der Waals surface area contributed by atoms with Gasteiger partial charge in [-0.25, -0.2) is 27.3 Å². The lowest BCUT2D eigenvalue weighted by atomic mass is 9.90. The quantitative estimate of drug-likeness (QED) is 0.894. The summed E-state index contributed by atoms with van der Waals surface area (Å²) in [4.78, 5) is 6.16. The van der Waals surface area contributed by atoms with Crippen molar-refractivity contribution in [3.63, 3.8) is 0 Å². The maximum atomic E-state index is 13.3. The van der Waals surface area contributed by atoms with E-state index in [0.717, 1.165) is 48.9 Å². The lowest BCUT2D eigenvalue weighted by molar-refractivity contribution is 0.402. The Balaban J connectivity index is 1.59. The van der Waals surface area contributed by atoms with Crippen LogP contribution in [0, 0.1) is 17.6 Å². The van der Waals surface area contributed by atoms with E-state index in [0.29, 0.717) is 17.5 Å². The number of nitrogens with two attached hydrogens (primary N) is 1. The highest BCUT2D eigenvalue weighted by Gasteiger charge is 2.23. The number of piperidine rings is 1. The van der Waals surface area contributed by atoms with Gasteiger partial charge in [-0.05, 0) is 42.9 Å². The molecule has 0 aliphatic carbocycles. The molecule has 9 heteroatoms. The van der Waals surface area contributed by atoms with Gasteiger partial charge in [0.25, 0.3) is 0 Å². The Morgan fingerprint density at radius 2 is 1.96 bits per heavy atom. The minimum atomic E-state index is -3.72. The first-order valence-electron chi connectivity index (χ1n) is 7.50. The van der Waals surface area contributed by atoms with Crippen molar-refractivity contribution in [2.75, 3.05) is 18.0 Å². The highest BCUT2D eigenvalue weighted by Crippen LogP contribution is 2.30. The Kier molecular flexibility index (Phi) is 4.84. The van der Waals surface area contributed by atoms with E-state index < -0.39 is 21.7 Å². The van der Waals surface area contributed by atoms with E-state index in [2.05, 4.69) is 4.98 Å². The fourth-order valence-corrected chi connectivity index (χ4v) is 4.45. The SMILES string of the molecule is NS(=O)(=O)c1cnc(N2CCC(Cc3ccc(F)c(F)c3)CC2)s1. The highest BCUT2D eigenvalue weighted by atomic mass is 32.2. The molecule has 1 saturated heterocycles. The molecule has 2 heterocycles. The third-order valence-electron chi connectivity index (χ3n) is 4.15. The molecule has 1 aromatic carbocycles. The first kappa shape index (κ1) is 17.2. The molecule has 24 heavy (non-hydrogen) atoms. The standard InChI is InChI=1S/C15H17F2N3O2S2/c16-12-2-1-11(8-13(12)17)7-10-3-5-20(6-4-10)15-19-9-14(23-15)24(18,21)22/h1-2,8-10H,3-7H2,(H2,18,21,22). The van der Waals surface area contributed by atoms with Crippen LogP contribution in [0.3, 0.4) is 0 Å². The van der Waals surface area contributed by atoms with Crippen molar-refractivity contribution in [2.24, 2.45) is 11.1 Å². The summed E-state index contributed by atoms with van der Waals surface area (Å²) >= 11 is 1.07. The zero-order valence-electron chi connectivity index (χ0n) is 12.8. The fourth-order valence-electron chi connectivity index (χ4n) is 2.86. The normalized spacial score (nSPS) is 16.5. The maximum Gasteiger partial charge on any atom is 0.249 e. The third-order valence-corrected chi connectivity index (χ3v) is 6.61. The molecule has 1 aliphatic heterocycles. The molecule has 3 rings (SSSR count). The molecule has 0 atom stereocenters. The maximum absolute atomic E-state index is 13.3. The molecule has 0 spiro atoms. The summed E-state index contributed by atoms with van der Waals surface area (Å²) in [5, 5.41) is 5.74. The summed E-state index contributed by atoms with van der Waals surface area (Å²) in [6, 6.07) is 4.02. The van der Waals surface area contributed by atoms with E-state index >= 15 is 0 Å². The van der Waals surface area contributed by atoms with E-state index in [1.165, 1.54) is 12.3 Å². The molecular formula is C15H17F2N3O2S2. The number of hydrogen-bond donors (Lipinski definition) is 1. The molecule has 5 nitrogen and oxygen atoms in total. The minimum Gasteiger partial charge on any atom is -0.348 e. The van der Waals surface area contributed by atoms with Gasteiger partial charge in [-0.15, -0.1) is 0 Å². The van der Waals surface area contributed by atoms with Crippen molar-refractivity contribution in [1.29, 1.82) is 0 Å². The molecule has 0 radical (unpaired) electrons. The molecular weight excluding hydrogens is 356 g/mol. The lowest BCUT2D eigenvalue weighted by Gasteiger charge is -2.31. The van der Waals surface area contributed by atoms with E-state index in [1.807, 2.05) is 4.90 Å². The Bertz CT molecular complexity index is 831. The summed E-state index contributed by atoms with van der Waals surface area (Å²) in [7, 11) is -3.72. The fraction of sp³-hybridized carbons (Fsp3) is 0.400. The highest BCUT2D eigenvalue weighted by molar-refractivity contribution is 7.91. The molecule has 1 aliphatic rings. The van der Waals surface area contributed by atoms with E-state index in [4.69, 9.17) is 5.14 Å². The number of thiazole rings is 1. The number of hydrogen-bond acceptors (Lipinski definition) is 5. The molecule has 2 aromatic rings. The van der Waals surface area contributed by atoms with Crippen molar-refractivity contribution >= 4 is 26.5 Å². The summed E-state index contributed by atoms with van der Waals surface area (Å²) in [5.74, 6) is -1.27.